The third-order valence-corrected chi connectivity index (χ3v) is 3.49. The van der Waals surface area contributed by atoms with Crippen molar-refractivity contribution in [3.05, 3.63) is 58.9 Å². The molecule has 0 aliphatic carbocycles. The van der Waals surface area contributed by atoms with Gasteiger partial charge in [-0.15, -0.1) is 0 Å². The maximum absolute atomic E-state index is 5.84. The number of nitrogens with zero attached hydrogens (tertiary/aromatic N) is 1. The third-order valence-electron chi connectivity index (χ3n) is 3.49. The number of hydrogen-bond donors (Lipinski definition) is 1. The molecule has 0 atom stereocenters. The summed E-state index contributed by atoms with van der Waals surface area (Å²) in [6, 6.07) is 6.57. The molecule has 2 heteroatoms. The standard InChI is InChI=1S/C20H26N2/c1-6-9-18-12-17(7-2)13-19(14-18)10-11-20(22-8-3)15(4)16(5)21/h8,12-14H,3,6-7,9,21H2,1-2,4-5H3/b16-15+,22-20-. The molecule has 22 heavy (non-hydrogen) atoms. The summed E-state index contributed by atoms with van der Waals surface area (Å²) in [6.45, 7) is 11.8. The number of hydrogen-bond acceptors (Lipinski definition) is 2. The molecule has 116 valence electrons. The molecule has 1 aromatic rings. The number of aliphatic imine (C=N–C) groups is 1. The Hall–Kier alpha value is -2.27. The van der Waals surface area contributed by atoms with Gasteiger partial charge in [0.2, 0.25) is 0 Å². The molecule has 1 rings (SSSR count). The molecule has 1 aromatic carbocycles. The Morgan fingerprint density at radius 1 is 1.23 bits per heavy atom. The highest BCUT2D eigenvalue weighted by molar-refractivity contribution is 6.13. The predicted molar refractivity (Wildman–Crippen MR) is 96.9 cm³/mol. The smallest absolute Gasteiger partial charge is 0.118 e. The van der Waals surface area contributed by atoms with Gasteiger partial charge in [-0.2, -0.15) is 0 Å². The van der Waals surface area contributed by atoms with Crippen molar-refractivity contribution in [1.29, 1.82) is 0 Å². The van der Waals surface area contributed by atoms with Crippen molar-refractivity contribution in [2.75, 3.05) is 0 Å². The minimum absolute atomic E-state index is 0.675. The molecule has 0 unspecified atom stereocenters. The second-order valence-electron chi connectivity index (χ2n) is 5.36. The molecule has 0 bridgehead atoms. The first kappa shape index (κ1) is 17.8. The SMILES string of the molecule is C=C/N=C(C#Cc1cc(CC)cc(CCC)c1)\C(C)=C(/C)N. The van der Waals surface area contributed by atoms with Crippen molar-refractivity contribution in [2.24, 2.45) is 10.7 Å². The highest BCUT2D eigenvalue weighted by Gasteiger charge is 2.01. The maximum Gasteiger partial charge on any atom is 0.118 e. The summed E-state index contributed by atoms with van der Waals surface area (Å²) in [7, 11) is 0. The van der Waals surface area contributed by atoms with Crippen molar-refractivity contribution < 1.29 is 0 Å². The summed E-state index contributed by atoms with van der Waals surface area (Å²) in [5.74, 6) is 6.35. The fourth-order valence-electron chi connectivity index (χ4n) is 2.10. The van der Waals surface area contributed by atoms with Gasteiger partial charge in [0.15, 0.2) is 0 Å². The van der Waals surface area contributed by atoms with E-state index in [9.17, 15) is 0 Å². The average Bonchev–Trinajstić information content (AvgIpc) is 2.50. The Kier molecular flexibility index (Phi) is 7.19. The van der Waals surface area contributed by atoms with Gasteiger partial charge >= 0.3 is 0 Å². The highest BCUT2D eigenvalue weighted by Crippen LogP contribution is 2.12. The van der Waals surface area contributed by atoms with Crippen LogP contribution in [-0.2, 0) is 12.8 Å². The van der Waals surface area contributed by atoms with Crippen LogP contribution in [0.4, 0.5) is 0 Å². The lowest BCUT2D eigenvalue weighted by Crippen LogP contribution is -2.04. The van der Waals surface area contributed by atoms with Crippen molar-refractivity contribution >= 4 is 5.71 Å². The van der Waals surface area contributed by atoms with E-state index in [1.807, 2.05) is 13.8 Å². The topological polar surface area (TPSA) is 38.4 Å². The molecule has 0 radical (unpaired) electrons. The first-order valence-corrected chi connectivity index (χ1v) is 7.78. The Morgan fingerprint density at radius 2 is 1.91 bits per heavy atom. The molecule has 2 N–H and O–H groups in total. The number of benzene rings is 1. The summed E-state index contributed by atoms with van der Waals surface area (Å²) in [6.07, 6.45) is 4.73. The van der Waals surface area contributed by atoms with Crippen molar-refractivity contribution in [3.8, 4) is 11.8 Å². The van der Waals surface area contributed by atoms with Gasteiger partial charge < -0.3 is 5.73 Å². The zero-order valence-corrected chi connectivity index (χ0v) is 14.2. The van der Waals surface area contributed by atoms with E-state index >= 15 is 0 Å². The molecular formula is C20H26N2. The molecule has 0 aromatic heterocycles. The van der Waals surface area contributed by atoms with E-state index in [1.165, 1.54) is 17.3 Å². The van der Waals surface area contributed by atoms with Crippen LogP contribution < -0.4 is 5.73 Å². The lowest BCUT2D eigenvalue weighted by atomic mass is 10.0. The molecule has 0 spiro atoms. The first-order chi connectivity index (χ1) is 10.5. The fourth-order valence-corrected chi connectivity index (χ4v) is 2.10. The zero-order valence-electron chi connectivity index (χ0n) is 14.2. The minimum atomic E-state index is 0.675. The number of allylic oxidation sites excluding steroid dienone is 2. The summed E-state index contributed by atoms with van der Waals surface area (Å²) < 4.78 is 0. The van der Waals surface area contributed by atoms with Gasteiger partial charge in [-0.05, 0) is 55.9 Å². The molecule has 0 heterocycles. The molecule has 0 aliphatic heterocycles. The quantitative estimate of drug-likeness (QED) is 0.635. The molecular weight excluding hydrogens is 268 g/mol. The van der Waals surface area contributed by atoms with Crippen LogP contribution in [-0.4, -0.2) is 5.71 Å². The zero-order chi connectivity index (χ0) is 16.5. The van der Waals surface area contributed by atoms with Crippen LogP contribution in [0, 0.1) is 11.8 Å². The van der Waals surface area contributed by atoms with Crippen molar-refractivity contribution in [3.63, 3.8) is 0 Å². The summed E-state index contributed by atoms with van der Waals surface area (Å²) in [5.41, 5.74) is 11.8. The van der Waals surface area contributed by atoms with Crippen LogP contribution in [0.3, 0.4) is 0 Å². The van der Waals surface area contributed by atoms with E-state index < -0.39 is 0 Å². The Morgan fingerprint density at radius 3 is 2.45 bits per heavy atom. The van der Waals surface area contributed by atoms with Gasteiger partial charge in [-0.1, -0.05) is 38.8 Å². The molecule has 0 saturated heterocycles. The van der Waals surface area contributed by atoms with Crippen LogP contribution in [0.15, 0.2) is 47.2 Å². The van der Waals surface area contributed by atoms with Gasteiger partial charge in [0.05, 0.1) is 0 Å². The van der Waals surface area contributed by atoms with Gasteiger partial charge in [-0.3, -0.25) is 0 Å². The second kappa shape index (κ2) is 8.89. The lowest BCUT2D eigenvalue weighted by Gasteiger charge is -2.05. The summed E-state index contributed by atoms with van der Waals surface area (Å²) >= 11 is 0. The van der Waals surface area contributed by atoms with Crippen LogP contribution in [0.25, 0.3) is 0 Å². The monoisotopic (exact) mass is 294 g/mol. The van der Waals surface area contributed by atoms with Gasteiger partial charge in [-0.25, -0.2) is 4.99 Å². The Bertz CT molecular complexity index is 648. The first-order valence-electron chi connectivity index (χ1n) is 7.78. The number of nitrogens with two attached hydrogens (primary N) is 1. The van der Waals surface area contributed by atoms with Crippen LogP contribution in [0.1, 0.15) is 50.8 Å². The molecule has 0 aliphatic rings. The molecule has 0 saturated carbocycles. The second-order valence-corrected chi connectivity index (χ2v) is 5.36. The summed E-state index contributed by atoms with van der Waals surface area (Å²) in [5, 5.41) is 0. The van der Waals surface area contributed by atoms with E-state index in [2.05, 4.69) is 55.5 Å². The minimum Gasteiger partial charge on any atom is -0.402 e. The van der Waals surface area contributed by atoms with Crippen LogP contribution >= 0.6 is 0 Å². The van der Waals surface area contributed by atoms with Crippen LogP contribution in [0.2, 0.25) is 0 Å². The normalized spacial score (nSPS) is 12.3. The van der Waals surface area contributed by atoms with E-state index in [-0.39, 0.29) is 0 Å². The Balaban J connectivity index is 3.23. The van der Waals surface area contributed by atoms with Gasteiger partial charge in [0.1, 0.15) is 5.71 Å². The lowest BCUT2D eigenvalue weighted by molar-refractivity contribution is 0.916. The maximum atomic E-state index is 5.84. The fraction of sp³-hybridized carbons (Fsp3) is 0.350. The molecule has 0 fully saturated rings. The van der Waals surface area contributed by atoms with Crippen molar-refractivity contribution in [1.82, 2.24) is 0 Å². The van der Waals surface area contributed by atoms with E-state index in [1.54, 1.807) is 0 Å². The predicted octanol–water partition coefficient (Wildman–Crippen LogP) is 4.39. The van der Waals surface area contributed by atoms with E-state index in [0.29, 0.717) is 5.71 Å². The molecule has 0 amide bonds. The Labute approximate surface area is 134 Å². The summed E-state index contributed by atoms with van der Waals surface area (Å²) in [4.78, 5) is 4.23. The van der Waals surface area contributed by atoms with Gasteiger partial charge in [0.25, 0.3) is 0 Å². The van der Waals surface area contributed by atoms with Crippen molar-refractivity contribution in [2.45, 2.75) is 47.0 Å². The molecule has 2 nitrogen and oxygen atoms in total. The number of aryl methyl sites for hydroxylation is 2. The van der Waals surface area contributed by atoms with E-state index in [4.69, 9.17) is 5.73 Å². The average molecular weight is 294 g/mol. The number of rotatable bonds is 5. The third kappa shape index (κ3) is 5.26. The van der Waals surface area contributed by atoms with Crippen LogP contribution in [0.5, 0.6) is 0 Å². The van der Waals surface area contributed by atoms with E-state index in [0.717, 1.165) is 36.1 Å². The van der Waals surface area contributed by atoms with Gasteiger partial charge in [0, 0.05) is 23.0 Å². The largest absolute Gasteiger partial charge is 0.402 e. The highest BCUT2D eigenvalue weighted by atomic mass is 14.7.